The van der Waals surface area contributed by atoms with E-state index in [-0.39, 0.29) is 11.9 Å². The smallest absolute Gasteiger partial charge is 0.235 e. The highest BCUT2D eigenvalue weighted by Crippen LogP contribution is 2.22. The van der Waals surface area contributed by atoms with E-state index in [2.05, 4.69) is 24.4 Å². The van der Waals surface area contributed by atoms with Gasteiger partial charge in [0.15, 0.2) is 0 Å². The second kappa shape index (κ2) is 6.55. The van der Waals surface area contributed by atoms with Gasteiger partial charge in [-0.25, -0.2) is 0 Å². The third-order valence-corrected chi connectivity index (χ3v) is 3.56. The first-order valence-electron chi connectivity index (χ1n) is 5.36. The highest BCUT2D eigenvalue weighted by Gasteiger charge is 2.14. The molecule has 0 radical (unpaired) electrons. The van der Waals surface area contributed by atoms with Crippen molar-refractivity contribution in [3.05, 3.63) is 29.8 Å². The molecule has 0 aromatic heterocycles. The van der Waals surface area contributed by atoms with E-state index in [1.165, 1.54) is 10.5 Å². The average Bonchev–Trinajstić information content (AvgIpc) is 2.26. The van der Waals surface area contributed by atoms with Gasteiger partial charge in [-0.2, -0.15) is 0 Å². The van der Waals surface area contributed by atoms with E-state index in [1.54, 1.807) is 11.8 Å². The van der Waals surface area contributed by atoms with Gasteiger partial charge in [0.1, 0.15) is 0 Å². The molecule has 1 aromatic carbocycles. The van der Waals surface area contributed by atoms with Gasteiger partial charge in [0.2, 0.25) is 5.91 Å². The van der Waals surface area contributed by atoms with E-state index in [1.807, 2.05) is 19.1 Å². The number of hydrogen-bond donors (Lipinski definition) is 2. The lowest BCUT2D eigenvalue weighted by atomic mass is 10.2. The summed E-state index contributed by atoms with van der Waals surface area (Å²) in [6.07, 6.45) is 0. The number of benzene rings is 1. The number of hydrogen-bond acceptors (Lipinski definition) is 3. The zero-order valence-corrected chi connectivity index (χ0v) is 10.5. The number of thioether (sulfide) groups is 1. The van der Waals surface area contributed by atoms with Crippen LogP contribution in [0.3, 0.4) is 0 Å². The molecule has 1 atom stereocenters. The number of likely N-dealkylation sites (N-methyl/N-ethyl adjacent to an activating group) is 1. The van der Waals surface area contributed by atoms with Crippen molar-refractivity contribution in [1.82, 2.24) is 5.32 Å². The van der Waals surface area contributed by atoms with Crippen LogP contribution >= 0.6 is 11.8 Å². The lowest BCUT2D eigenvalue weighted by molar-refractivity contribution is -0.119. The Morgan fingerprint density at radius 2 is 2.19 bits per heavy atom. The van der Waals surface area contributed by atoms with E-state index in [4.69, 9.17) is 5.73 Å². The fourth-order valence-corrected chi connectivity index (χ4v) is 2.48. The first-order valence-corrected chi connectivity index (χ1v) is 6.34. The summed E-state index contributed by atoms with van der Waals surface area (Å²) in [5, 5.41) is 3.08. The van der Waals surface area contributed by atoms with Crippen LogP contribution in [0.2, 0.25) is 0 Å². The molecule has 0 aliphatic rings. The van der Waals surface area contributed by atoms with Gasteiger partial charge in [0.05, 0.1) is 6.04 Å². The summed E-state index contributed by atoms with van der Waals surface area (Å²) >= 11 is 1.66. The fraction of sp³-hybridized carbons (Fsp3) is 0.417. The zero-order chi connectivity index (χ0) is 12.0. The third kappa shape index (κ3) is 3.87. The van der Waals surface area contributed by atoms with Crippen LogP contribution in [-0.2, 0) is 4.79 Å². The number of aryl methyl sites for hydroxylation is 1. The Bertz CT molecular complexity index is 355. The average molecular weight is 238 g/mol. The predicted molar refractivity (Wildman–Crippen MR) is 68.6 cm³/mol. The molecule has 3 nitrogen and oxygen atoms in total. The van der Waals surface area contributed by atoms with Crippen LogP contribution in [0.25, 0.3) is 0 Å². The lowest BCUT2D eigenvalue weighted by Gasteiger charge is -2.14. The topological polar surface area (TPSA) is 55.1 Å². The van der Waals surface area contributed by atoms with Crippen molar-refractivity contribution in [2.75, 3.05) is 12.3 Å². The molecule has 0 heterocycles. The van der Waals surface area contributed by atoms with Crippen LogP contribution in [0.4, 0.5) is 0 Å². The van der Waals surface area contributed by atoms with Crippen molar-refractivity contribution >= 4 is 17.7 Å². The van der Waals surface area contributed by atoms with Crippen LogP contribution in [0.5, 0.6) is 0 Å². The van der Waals surface area contributed by atoms with Gasteiger partial charge in [-0.05, 0) is 25.1 Å². The van der Waals surface area contributed by atoms with E-state index in [0.717, 1.165) is 6.54 Å². The molecule has 16 heavy (non-hydrogen) atoms. The monoisotopic (exact) mass is 238 g/mol. The van der Waals surface area contributed by atoms with Crippen LogP contribution < -0.4 is 11.1 Å². The Balaban J connectivity index is 2.55. The SMILES string of the molecule is CCNC(CSc1ccccc1C)C(N)=O. The standard InChI is InChI=1S/C12H18N2OS/c1-3-14-10(12(13)15)8-16-11-7-5-4-6-9(11)2/h4-7,10,14H,3,8H2,1-2H3,(H2,13,15). The van der Waals surface area contributed by atoms with Crippen LogP contribution in [0.1, 0.15) is 12.5 Å². The molecule has 0 bridgehead atoms. The molecule has 4 heteroatoms. The van der Waals surface area contributed by atoms with Gasteiger partial charge in [0.25, 0.3) is 0 Å². The lowest BCUT2D eigenvalue weighted by Crippen LogP contribution is -2.43. The van der Waals surface area contributed by atoms with Crippen molar-refractivity contribution in [2.24, 2.45) is 5.73 Å². The van der Waals surface area contributed by atoms with E-state index in [0.29, 0.717) is 5.75 Å². The van der Waals surface area contributed by atoms with Crippen molar-refractivity contribution in [1.29, 1.82) is 0 Å². The van der Waals surface area contributed by atoms with Crippen molar-refractivity contribution in [3.63, 3.8) is 0 Å². The molecule has 0 spiro atoms. The number of primary amides is 1. The maximum Gasteiger partial charge on any atom is 0.235 e. The maximum absolute atomic E-state index is 11.1. The Hall–Kier alpha value is -1.00. The van der Waals surface area contributed by atoms with Gasteiger partial charge in [-0.3, -0.25) is 4.79 Å². The number of rotatable bonds is 6. The molecule has 0 aliphatic carbocycles. The van der Waals surface area contributed by atoms with Gasteiger partial charge in [-0.15, -0.1) is 11.8 Å². The summed E-state index contributed by atoms with van der Waals surface area (Å²) in [4.78, 5) is 12.3. The number of carbonyl (C=O) groups is 1. The molecule has 1 unspecified atom stereocenters. The first kappa shape index (κ1) is 13.1. The predicted octanol–water partition coefficient (Wildman–Crippen LogP) is 1.55. The number of nitrogens with one attached hydrogen (secondary N) is 1. The van der Waals surface area contributed by atoms with Crippen LogP contribution in [-0.4, -0.2) is 24.2 Å². The third-order valence-electron chi connectivity index (χ3n) is 2.29. The van der Waals surface area contributed by atoms with Crippen LogP contribution in [0, 0.1) is 6.92 Å². The molecule has 0 saturated carbocycles. The molecule has 0 fully saturated rings. The second-order valence-corrected chi connectivity index (χ2v) is 4.65. The van der Waals surface area contributed by atoms with Gasteiger partial charge in [0, 0.05) is 10.6 Å². The highest BCUT2D eigenvalue weighted by molar-refractivity contribution is 7.99. The summed E-state index contributed by atoms with van der Waals surface area (Å²) in [7, 11) is 0. The van der Waals surface area contributed by atoms with Crippen molar-refractivity contribution < 1.29 is 4.79 Å². The summed E-state index contributed by atoms with van der Waals surface area (Å²) in [6, 6.07) is 7.88. The van der Waals surface area contributed by atoms with E-state index in [9.17, 15) is 4.79 Å². The molecular formula is C12H18N2OS. The maximum atomic E-state index is 11.1. The van der Waals surface area contributed by atoms with E-state index < -0.39 is 0 Å². The number of nitrogens with two attached hydrogens (primary N) is 1. The minimum Gasteiger partial charge on any atom is -0.368 e. The molecule has 1 rings (SSSR count). The van der Waals surface area contributed by atoms with Crippen molar-refractivity contribution in [2.45, 2.75) is 24.8 Å². The normalized spacial score (nSPS) is 12.4. The Labute approximate surface area is 101 Å². The minimum atomic E-state index is -0.289. The van der Waals surface area contributed by atoms with Gasteiger partial charge in [-0.1, -0.05) is 25.1 Å². The van der Waals surface area contributed by atoms with Gasteiger partial charge < -0.3 is 11.1 Å². The summed E-state index contributed by atoms with van der Waals surface area (Å²) in [6.45, 7) is 4.78. The first-order chi connectivity index (χ1) is 7.65. The number of carbonyl (C=O) groups excluding carboxylic acids is 1. The van der Waals surface area contributed by atoms with Crippen LogP contribution in [0.15, 0.2) is 29.2 Å². The Morgan fingerprint density at radius 1 is 1.50 bits per heavy atom. The summed E-state index contributed by atoms with van der Waals surface area (Å²) in [5.41, 5.74) is 6.54. The quantitative estimate of drug-likeness (QED) is 0.739. The number of amides is 1. The van der Waals surface area contributed by atoms with Crippen molar-refractivity contribution in [3.8, 4) is 0 Å². The Morgan fingerprint density at radius 3 is 2.75 bits per heavy atom. The van der Waals surface area contributed by atoms with E-state index >= 15 is 0 Å². The second-order valence-electron chi connectivity index (χ2n) is 3.59. The molecule has 0 aliphatic heterocycles. The summed E-state index contributed by atoms with van der Waals surface area (Å²) < 4.78 is 0. The fourth-order valence-electron chi connectivity index (χ4n) is 1.38. The molecule has 1 aromatic rings. The summed E-state index contributed by atoms with van der Waals surface area (Å²) in [5.74, 6) is 0.386. The zero-order valence-electron chi connectivity index (χ0n) is 9.69. The van der Waals surface area contributed by atoms with Gasteiger partial charge >= 0.3 is 0 Å². The minimum absolute atomic E-state index is 0.255. The molecule has 88 valence electrons. The largest absolute Gasteiger partial charge is 0.368 e. The molecular weight excluding hydrogens is 220 g/mol. The molecule has 0 saturated heterocycles. The molecule has 3 N–H and O–H groups in total. The Kier molecular flexibility index (Phi) is 5.35. The highest BCUT2D eigenvalue weighted by atomic mass is 32.2. The molecule has 1 amide bonds.